The van der Waals surface area contributed by atoms with Crippen LogP contribution in [0.15, 0.2) is 34.8 Å². The number of halogens is 1. The predicted molar refractivity (Wildman–Crippen MR) is 76.9 cm³/mol. The summed E-state index contributed by atoms with van der Waals surface area (Å²) in [4.78, 5) is 0. The molecule has 1 aromatic carbocycles. The number of hydrogen-bond acceptors (Lipinski definition) is 2. The monoisotopic (exact) mass is 309 g/mol. The Labute approximate surface area is 115 Å². The molecule has 0 saturated heterocycles. The molecule has 0 radical (unpaired) electrons. The van der Waals surface area contributed by atoms with Crippen molar-refractivity contribution in [3.63, 3.8) is 0 Å². The SMILES string of the molecule is C=C(C)COc1cc2c(cc1Br)cc(CO)n2C. The van der Waals surface area contributed by atoms with Crippen molar-refractivity contribution in [2.45, 2.75) is 13.5 Å². The number of hydrogen-bond donors (Lipinski definition) is 1. The molecule has 0 spiro atoms. The molecule has 0 amide bonds. The second-order valence-corrected chi connectivity index (χ2v) is 5.29. The third-order valence-corrected chi connectivity index (χ3v) is 3.45. The van der Waals surface area contributed by atoms with Crippen molar-refractivity contribution in [3.05, 3.63) is 40.5 Å². The van der Waals surface area contributed by atoms with E-state index < -0.39 is 0 Å². The summed E-state index contributed by atoms with van der Waals surface area (Å²) in [7, 11) is 1.93. The van der Waals surface area contributed by atoms with Gasteiger partial charge in [-0.2, -0.15) is 0 Å². The van der Waals surface area contributed by atoms with Crippen LogP contribution in [-0.4, -0.2) is 16.3 Å². The molecule has 0 aliphatic carbocycles. The maximum Gasteiger partial charge on any atom is 0.136 e. The molecule has 2 rings (SSSR count). The molecule has 1 heterocycles. The van der Waals surface area contributed by atoms with Crippen LogP contribution in [0.3, 0.4) is 0 Å². The minimum absolute atomic E-state index is 0.0325. The Morgan fingerprint density at radius 1 is 1.44 bits per heavy atom. The van der Waals surface area contributed by atoms with Crippen molar-refractivity contribution in [1.82, 2.24) is 4.57 Å². The molecule has 0 atom stereocenters. The Morgan fingerprint density at radius 3 is 2.78 bits per heavy atom. The lowest BCUT2D eigenvalue weighted by molar-refractivity contribution is 0.273. The molecular weight excluding hydrogens is 294 g/mol. The summed E-state index contributed by atoms with van der Waals surface area (Å²) in [6.07, 6.45) is 0. The maximum absolute atomic E-state index is 9.26. The highest BCUT2D eigenvalue weighted by Crippen LogP contribution is 2.32. The van der Waals surface area contributed by atoms with Gasteiger partial charge < -0.3 is 14.4 Å². The summed E-state index contributed by atoms with van der Waals surface area (Å²) in [5.41, 5.74) is 2.90. The number of aliphatic hydroxyl groups excluding tert-OH is 1. The minimum atomic E-state index is 0.0325. The van der Waals surface area contributed by atoms with Crippen LogP contribution < -0.4 is 4.74 Å². The molecule has 0 aliphatic heterocycles. The lowest BCUT2D eigenvalue weighted by Gasteiger charge is -2.09. The first-order valence-corrected chi connectivity index (χ1v) is 6.48. The van der Waals surface area contributed by atoms with Gasteiger partial charge in [0.2, 0.25) is 0 Å². The molecule has 4 heteroatoms. The standard InChI is InChI=1S/C14H16BrNO2/c1-9(2)8-18-14-6-13-10(5-12(14)15)4-11(7-17)16(13)3/h4-6,17H,1,7-8H2,2-3H3. The third kappa shape index (κ3) is 2.44. The van der Waals surface area contributed by atoms with E-state index in [1.165, 1.54) is 0 Å². The van der Waals surface area contributed by atoms with E-state index >= 15 is 0 Å². The highest BCUT2D eigenvalue weighted by Gasteiger charge is 2.09. The molecule has 0 aliphatic rings. The average molecular weight is 310 g/mol. The van der Waals surface area contributed by atoms with Crippen LogP contribution >= 0.6 is 15.9 Å². The topological polar surface area (TPSA) is 34.4 Å². The molecule has 0 unspecified atom stereocenters. The molecule has 18 heavy (non-hydrogen) atoms. The van der Waals surface area contributed by atoms with Gasteiger partial charge in [0.1, 0.15) is 12.4 Å². The normalized spacial score (nSPS) is 10.9. The van der Waals surface area contributed by atoms with Crippen molar-refractivity contribution in [3.8, 4) is 5.75 Å². The van der Waals surface area contributed by atoms with E-state index in [0.29, 0.717) is 6.61 Å². The fourth-order valence-corrected chi connectivity index (χ4v) is 2.33. The molecule has 1 N–H and O–H groups in total. The summed E-state index contributed by atoms with van der Waals surface area (Å²) < 4.78 is 8.56. The molecule has 0 fully saturated rings. The van der Waals surface area contributed by atoms with Crippen molar-refractivity contribution in [2.75, 3.05) is 6.61 Å². The number of nitrogens with zero attached hydrogens (tertiary/aromatic N) is 1. The first-order chi connectivity index (χ1) is 8.52. The number of rotatable bonds is 4. The van der Waals surface area contributed by atoms with Gasteiger partial charge in [-0.1, -0.05) is 6.58 Å². The molecule has 0 saturated carbocycles. The predicted octanol–water partition coefficient (Wildman–Crippen LogP) is 3.39. The summed E-state index contributed by atoms with van der Waals surface area (Å²) in [6, 6.07) is 5.95. The molecule has 1 aromatic heterocycles. The quantitative estimate of drug-likeness (QED) is 0.879. The van der Waals surface area contributed by atoms with Crippen LogP contribution in [0, 0.1) is 0 Å². The highest BCUT2D eigenvalue weighted by molar-refractivity contribution is 9.10. The van der Waals surface area contributed by atoms with E-state index in [0.717, 1.165) is 32.4 Å². The maximum atomic E-state index is 9.26. The van der Waals surface area contributed by atoms with E-state index in [2.05, 4.69) is 22.5 Å². The van der Waals surface area contributed by atoms with E-state index in [1.54, 1.807) is 0 Å². The van der Waals surface area contributed by atoms with Gasteiger partial charge in [0.05, 0.1) is 16.6 Å². The fourth-order valence-electron chi connectivity index (χ4n) is 1.86. The van der Waals surface area contributed by atoms with Crippen LogP contribution in [-0.2, 0) is 13.7 Å². The highest BCUT2D eigenvalue weighted by atomic mass is 79.9. The van der Waals surface area contributed by atoms with Crippen molar-refractivity contribution >= 4 is 26.8 Å². The van der Waals surface area contributed by atoms with Gasteiger partial charge in [0.15, 0.2) is 0 Å². The Hall–Kier alpha value is -1.26. The number of ether oxygens (including phenoxy) is 1. The Bertz CT molecular complexity index is 601. The summed E-state index contributed by atoms with van der Waals surface area (Å²) in [6.45, 7) is 6.28. The zero-order valence-electron chi connectivity index (χ0n) is 10.5. The third-order valence-electron chi connectivity index (χ3n) is 2.83. The van der Waals surface area contributed by atoms with Crippen molar-refractivity contribution < 1.29 is 9.84 Å². The van der Waals surface area contributed by atoms with Gasteiger partial charge in [0.25, 0.3) is 0 Å². The number of fused-ring (bicyclic) bond motifs is 1. The Kier molecular flexibility index (Phi) is 3.78. The molecular formula is C14H16BrNO2. The number of aromatic nitrogens is 1. The number of aryl methyl sites for hydroxylation is 1. The molecule has 0 bridgehead atoms. The van der Waals surface area contributed by atoms with E-state index in [-0.39, 0.29) is 6.61 Å². The lowest BCUT2D eigenvalue weighted by Crippen LogP contribution is -1.99. The number of aliphatic hydroxyl groups is 1. The fraction of sp³-hybridized carbons (Fsp3) is 0.286. The van der Waals surface area contributed by atoms with E-state index in [9.17, 15) is 5.11 Å². The average Bonchev–Trinajstić information content (AvgIpc) is 2.62. The second-order valence-electron chi connectivity index (χ2n) is 4.44. The van der Waals surface area contributed by atoms with Gasteiger partial charge in [-0.05, 0) is 40.6 Å². The van der Waals surface area contributed by atoms with Gasteiger partial charge in [-0.15, -0.1) is 0 Å². The van der Waals surface area contributed by atoms with Crippen molar-refractivity contribution in [2.24, 2.45) is 7.05 Å². The number of benzene rings is 1. The minimum Gasteiger partial charge on any atom is -0.488 e. The molecule has 3 nitrogen and oxygen atoms in total. The van der Waals surface area contributed by atoms with E-state index in [1.807, 2.05) is 36.7 Å². The lowest BCUT2D eigenvalue weighted by atomic mass is 10.2. The Morgan fingerprint density at radius 2 is 2.17 bits per heavy atom. The molecule has 96 valence electrons. The Balaban J connectivity index is 2.46. The van der Waals surface area contributed by atoms with Crippen LogP contribution in [0.1, 0.15) is 12.6 Å². The summed E-state index contributed by atoms with van der Waals surface area (Å²) in [5, 5.41) is 10.3. The van der Waals surface area contributed by atoms with Crippen LogP contribution in [0.5, 0.6) is 5.75 Å². The summed E-state index contributed by atoms with van der Waals surface area (Å²) in [5.74, 6) is 0.788. The second kappa shape index (κ2) is 5.16. The molecule has 2 aromatic rings. The van der Waals surface area contributed by atoms with E-state index in [4.69, 9.17) is 4.74 Å². The van der Waals surface area contributed by atoms with Gasteiger partial charge in [-0.25, -0.2) is 0 Å². The van der Waals surface area contributed by atoms with Gasteiger partial charge in [0, 0.05) is 24.2 Å². The van der Waals surface area contributed by atoms with Crippen LogP contribution in [0.4, 0.5) is 0 Å². The first-order valence-electron chi connectivity index (χ1n) is 5.69. The van der Waals surface area contributed by atoms with Crippen molar-refractivity contribution in [1.29, 1.82) is 0 Å². The van der Waals surface area contributed by atoms with Gasteiger partial charge >= 0.3 is 0 Å². The van der Waals surface area contributed by atoms with Crippen LogP contribution in [0.25, 0.3) is 10.9 Å². The van der Waals surface area contributed by atoms with Crippen LogP contribution in [0.2, 0.25) is 0 Å². The zero-order chi connectivity index (χ0) is 13.3. The largest absolute Gasteiger partial charge is 0.488 e. The summed E-state index contributed by atoms with van der Waals surface area (Å²) >= 11 is 3.50. The van der Waals surface area contributed by atoms with Gasteiger partial charge in [-0.3, -0.25) is 0 Å². The first kappa shape index (κ1) is 13.2. The smallest absolute Gasteiger partial charge is 0.136 e. The zero-order valence-corrected chi connectivity index (χ0v) is 12.1.